The number of aliphatic carboxylic acids is 1. The number of thioether (sulfide) groups is 1. The van der Waals surface area contributed by atoms with Crippen LogP contribution in [-0.2, 0) is 4.79 Å². The minimum Gasteiger partial charge on any atom is -0.481 e. The zero-order valence-corrected chi connectivity index (χ0v) is 10.9. The van der Waals surface area contributed by atoms with Crippen LogP contribution in [0.15, 0.2) is 59.5 Å². The molecule has 0 atom stereocenters. The van der Waals surface area contributed by atoms with Gasteiger partial charge in [-0.3, -0.25) is 9.59 Å². The third-order valence-electron chi connectivity index (χ3n) is 2.52. The third kappa shape index (κ3) is 3.45. The minimum absolute atomic E-state index is 0.0565. The normalized spacial score (nSPS) is 10.1. The van der Waals surface area contributed by atoms with E-state index in [4.69, 9.17) is 5.11 Å². The van der Waals surface area contributed by atoms with E-state index in [1.54, 1.807) is 48.5 Å². The van der Waals surface area contributed by atoms with Crippen LogP contribution in [0.25, 0.3) is 0 Å². The molecule has 0 unspecified atom stereocenters. The lowest BCUT2D eigenvalue weighted by atomic mass is 10.0. The standard InChI is InChI=1S/C15H12O3S/c16-14(17)10-19-13-9-5-4-8-12(13)15(18)11-6-2-1-3-7-11/h1-9H,10H2,(H,16,17). The molecule has 19 heavy (non-hydrogen) atoms. The first-order valence-electron chi connectivity index (χ1n) is 5.72. The summed E-state index contributed by atoms with van der Waals surface area (Å²) in [4.78, 5) is 23.7. The Morgan fingerprint density at radius 1 is 0.947 bits per heavy atom. The molecule has 0 aliphatic rings. The Bertz CT molecular complexity index is 593. The minimum atomic E-state index is -0.896. The molecule has 0 aliphatic heterocycles. The quantitative estimate of drug-likeness (QED) is 0.671. The molecule has 0 aromatic heterocycles. The van der Waals surface area contributed by atoms with E-state index in [1.165, 1.54) is 0 Å². The molecule has 0 fully saturated rings. The predicted octanol–water partition coefficient (Wildman–Crippen LogP) is 3.09. The van der Waals surface area contributed by atoms with Crippen LogP contribution >= 0.6 is 11.8 Å². The van der Waals surface area contributed by atoms with E-state index >= 15 is 0 Å². The highest BCUT2D eigenvalue weighted by atomic mass is 32.2. The molecule has 2 aromatic rings. The number of carboxylic acid groups (broad SMARTS) is 1. The Balaban J connectivity index is 2.29. The average molecular weight is 272 g/mol. The second-order valence-corrected chi connectivity index (χ2v) is 4.89. The zero-order chi connectivity index (χ0) is 13.7. The molecule has 2 rings (SSSR count). The summed E-state index contributed by atoms with van der Waals surface area (Å²) in [6.07, 6.45) is 0. The molecule has 0 radical (unpaired) electrons. The summed E-state index contributed by atoms with van der Waals surface area (Å²) in [5, 5.41) is 8.72. The number of rotatable bonds is 5. The maximum Gasteiger partial charge on any atom is 0.313 e. The lowest BCUT2D eigenvalue weighted by molar-refractivity contribution is -0.133. The summed E-state index contributed by atoms with van der Waals surface area (Å²) in [6.45, 7) is 0. The van der Waals surface area contributed by atoms with E-state index in [1.807, 2.05) is 6.07 Å². The van der Waals surface area contributed by atoms with Crippen molar-refractivity contribution in [1.82, 2.24) is 0 Å². The van der Waals surface area contributed by atoms with Gasteiger partial charge in [-0.05, 0) is 12.1 Å². The summed E-state index contributed by atoms with van der Waals surface area (Å²) in [5.74, 6) is -1.04. The van der Waals surface area contributed by atoms with Crippen molar-refractivity contribution in [2.75, 3.05) is 5.75 Å². The van der Waals surface area contributed by atoms with Gasteiger partial charge in [0.2, 0.25) is 0 Å². The summed E-state index contributed by atoms with van der Waals surface area (Å²) >= 11 is 1.16. The number of carbonyl (C=O) groups excluding carboxylic acids is 1. The number of carboxylic acids is 1. The molecule has 1 N–H and O–H groups in total. The van der Waals surface area contributed by atoms with Crippen molar-refractivity contribution in [3.63, 3.8) is 0 Å². The van der Waals surface area contributed by atoms with E-state index < -0.39 is 5.97 Å². The van der Waals surface area contributed by atoms with Crippen LogP contribution in [0.4, 0.5) is 0 Å². The molecule has 2 aromatic carbocycles. The lowest BCUT2D eigenvalue weighted by Gasteiger charge is -2.07. The number of ketones is 1. The van der Waals surface area contributed by atoms with Crippen LogP contribution in [-0.4, -0.2) is 22.6 Å². The molecule has 0 spiro atoms. The highest BCUT2D eigenvalue weighted by molar-refractivity contribution is 8.00. The number of hydrogen-bond donors (Lipinski definition) is 1. The first kappa shape index (κ1) is 13.4. The van der Waals surface area contributed by atoms with E-state index in [0.29, 0.717) is 16.0 Å². The third-order valence-corrected chi connectivity index (χ3v) is 3.58. The first-order chi connectivity index (χ1) is 9.18. The van der Waals surface area contributed by atoms with Gasteiger partial charge in [0.15, 0.2) is 5.78 Å². The van der Waals surface area contributed by atoms with Crippen molar-refractivity contribution in [3.8, 4) is 0 Å². The fraction of sp³-hybridized carbons (Fsp3) is 0.0667. The zero-order valence-electron chi connectivity index (χ0n) is 10.1. The molecule has 3 nitrogen and oxygen atoms in total. The monoisotopic (exact) mass is 272 g/mol. The van der Waals surface area contributed by atoms with Crippen LogP contribution in [0.2, 0.25) is 0 Å². The van der Waals surface area contributed by atoms with Gasteiger partial charge in [0.05, 0.1) is 5.75 Å². The fourth-order valence-electron chi connectivity index (χ4n) is 1.66. The van der Waals surface area contributed by atoms with E-state index in [9.17, 15) is 9.59 Å². The maximum atomic E-state index is 12.4. The molecule has 0 aliphatic carbocycles. The number of carbonyl (C=O) groups is 2. The number of benzene rings is 2. The van der Waals surface area contributed by atoms with Gasteiger partial charge >= 0.3 is 5.97 Å². The van der Waals surface area contributed by atoms with Crippen molar-refractivity contribution in [1.29, 1.82) is 0 Å². The van der Waals surface area contributed by atoms with E-state index in [0.717, 1.165) is 11.8 Å². The van der Waals surface area contributed by atoms with Crippen LogP contribution < -0.4 is 0 Å². The fourth-order valence-corrected chi connectivity index (χ4v) is 2.43. The Morgan fingerprint density at radius 2 is 1.58 bits per heavy atom. The smallest absolute Gasteiger partial charge is 0.313 e. The van der Waals surface area contributed by atoms with Crippen molar-refractivity contribution < 1.29 is 14.7 Å². The van der Waals surface area contributed by atoms with Crippen molar-refractivity contribution in [2.45, 2.75) is 4.90 Å². The summed E-state index contributed by atoms with van der Waals surface area (Å²) in [7, 11) is 0. The first-order valence-corrected chi connectivity index (χ1v) is 6.70. The molecule has 0 heterocycles. The second-order valence-electron chi connectivity index (χ2n) is 3.87. The van der Waals surface area contributed by atoms with Crippen LogP contribution in [0.5, 0.6) is 0 Å². The maximum absolute atomic E-state index is 12.4. The van der Waals surface area contributed by atoms with Gasteiger partial charge in [-0.2, -0.15) is 0 Å². The van der Waals surface area contributed by atoms with Crippen molar-refractivity contribution in [3.05, 3.63) is 65.7 Å². The summed E-state index contributed by atoms with van der Waals surface area (Å²) in [6, 6.07) is 16.0. The Hall–Kier alpha value is -2.07. The van der Waals surface area contributed by atoms with Crippen LogP contribution in [0.1, 0.15) is 15.9 Å². The lowest BCUT2D eigenvalue weighted by Crippen LogP contribution is -2.04. The van der Waals surface area contributed by atoms with Gasteiger partial charge in [0.25, 0.3) is 0 Å². The van der Waals surface area contributed by atoms with Crippen LogP contribution in [0, 0.1) is 0 Å². The average Bonchev–Trinajstić information content (AvgIpc) is 2.45. The van der Waals surface area contributed by atoms with Gasteiger partial charge in [-0.25, -0.2) is 0 Å². The number of hydrogen-bond acceptors (Lipinski definition) is 3. The van der Waals surface area contributed by atoms with Gasteiger partial charge in [0.1, 0.15) is 0 Å². The Morgan fingerprint density at radius 3 is 2.26 bits per heavy atom. The van der Waals surface area contributed by atoms with E-state index in [-0.39, 0.29) is 11.5 Å². The highest BCUT2D eigenvalue weighted by Crippen LogP contribution is 2.24. The summed E-state index contributed by atoms with van der Waals surface area (Å²) in [5.41, 5.74) is 1.14. The van der Waals surface area contributed by atoms with Crippen molar-refractivity contribution >= 4 is 23.5 Å². The molecular formula is C15H12O3S. The SMILES string of the molecule is O=C(O)CSc1ccccc1C(=O)c1ccccc1. The van der Waals surface area contributed by atoms with Gasteiger partial charge < -0.3 is 5.11 Å². The molecule has 96 valence electrons. The molecule has 0 bridgehead atoms. The molecule has 4 heteroatoms. The molecular weight excluding hydrogens is 260 g/mol. The van der Waals surface area contributed by atoms with Gasteiger partial charge in [-0.1, -0.05) is 42.5 Å². The Labute approximate surface area is 115 Å². The second kappa shape index (κ2) is 6.20. The molecule has 0 amide bonds. The Kier molecular flexibility index (Phi) is 4.36. The van der Waals surface area contributed by atoms with Gasteiger partial charge in [-0.15, -0.1) is 11.8 Å². The highest BCUT2D eigenvalue weighted by Gasteiger charge is 2.13. The van der Waals surface area contributed by atoms with Gasteiger partial charge in [0, 0.05) is 16.0 Å². The van der Waals surface area contributed by atoms with Crippen molar-refractivity contribution in [2.24, 2.45) is 0 Å². The largest absolute Gasteiger partial charge is 0.481 e. The van der Waals surface area contributed by atoms with Crippen LogP contribution in [0.3, 0.4) is 0 Å². The molecule has 0 saturated heterocycles. The predicted molar refractivity (Wildman–Crippen MR) is 74.7 cm³/mol. The topological polar surface area (TPSA) is 54.4 Å². The van der Waals surface area contributed by atoms with E-state index in [2.05, 4.69) is 0 Å². The summed E-state index contributed by atoms with van der Waals surface area (Å²) < 4.78 is 0. The molecule has 0 saturated carbocycles.